The molecule has 0 fully saturated rings. The molecule has 16 heavy (non-hydrogen) atoms. The van der Waals surface area contributed by atoms with Gasteiger partial charge in [0.15, 0.2) is 0 Å². The monoisotopic (exact) mass is 216 g/mol. The molecule has 2 nitrogen and oxygen atoms in total. The van der Waals surface area contributed by atoms with Crippen LogP contribution in [-0.2, 0) is 0 Å². The molecule has 0 radical (unpaired) electrons. The van der Waals surface area contributed by atoms with Crippen LogP contribution in [0, 0.1) is 6.92 Å². The number of aliphatic imine (C=N–C) groups is 1. The van der Waals surface area contributed by atoms with Crippen molar-refractivity contribution in [3.05, 3.63) is 41.6 Å². The van der Waals surface area contributed by atoms with Crippen LogP contribution < -0.4 is 5.32 Å². The van der Waals surface area contributed by atoms with Crippen molar-refractivity contribution >= 4 is 11.8 Å². The fraction of sp³-hybridized carbons (Fsp3) is 0.357. The van der Waals surface area contributed by atoms with Crippen LogP contribution in [0.15, 0.2) is 35.5 Å². The molecule has 0 saturated carbocycles. The summed E-state index contributed by atoms with van der Waals surface area (Å²) in [6.07, 6.45) is 4.14. The quantitative estimate of drug-likeness (QED) is 0.764. The number of rotatable bonds is 1. The standard InChI is InChI=1S/C12H14N2.C2H6/c1-9-3-5-11(6-4-9)12-7-13-10(2)14-8-12;1-2/h3-8,10,13H,1-2H3;1-2H3. The van der Waals surface area contributed by atoms with Gasteiger partial charge in [0, 0.05) is 18.0 Å². The predicted octanol–water partition coefficient (Wildman–Crippen LogP) is 3.38. The summed E-state index contributed by atoms with van der Waals surface area (Å²) < 4.78 is 0. The summed E-state index contributed by atoms with van der Waals surface area (Å²) in [7, 11) is 0. The van der Waals surface area contributed by atoms with Crippen LogP contribution in [0.2, 0.25) is 0 Å². The van der Waals surface area contributed by atoms with Crippen LogP contribution in [-0.4, -0.2) is 12.4 Å². The molecule has 1 unspecified atom stereocenters. The number of nitrogens with one attached hydrogen (secondary N) is 1. The van der Waals surface area contributed by atoms with E-state index in [1.165, 1.54) is 11.1 Å². The van der Waals surface area contributed by atoms with Crippen molar-refractivity contribution in [1.82, 2.24) is 5.32 Å². The highest BCUT2D eigenvalue weighted by molar-refractivity contribution is 6.10. The second kappa shape index (κ2) is 6.11. The fourth-order valence-electron chi connectivity index (χ4n) is 1.39. The van der Waals surface area contributed by atoms with E-state index >= 15 is 0 Å². The highest BCUT2D eigenvalue weighted by Crippen LogP contribution is 2.14. The molecule has 0 aromatic heterocycles. The third-order valence-corrected chi connectivity index (χ3v) is 2.30. The normalized spacial score (nSPS) is 18.0. The molecule has 1 aromatic rings. The fourth-order valence-corrected chi connectivity index (χ4v) is 1.39. The number of benzene rings is 1. The van der Waals surface area contributed by atoms with Gasteiger partial charge in [-0.3, -0.25) is 4.99 Å². The first-order chi connectivity index (χ1) is 7.75. The molecule has 1 N–H and O–H groups in total. The van der Waals surface area contributed by atoms with E-state index in [4.69, 9.17) is 0 Å². The smallest absolute Gasteiger partial charge is 0.115 e. The summed E-state index contributed by atoms with van der Waals surface area (Å²) in [4.78, 5) is 4.31. The molecule has 1 atom stereocenters. The van der Waals surface area contributed by atoms with Gasteiger partial charge in [0.2, 0.25) is 0 Å². The van der Waals surface area contributed by atoms with E-state index in [1.807, 2.05) is 33.2 Å². The van der Waals surface area contributed by atoms with Gasteiger partial charge >= 0.3 is 0 Å². The lowest BCUT2D eigenvalue weighted by atomic mass is 10.1. The first-order valence-corrected chi connectivity index (χ1v) is 5.82. The van der Waals surface area contributed by atoms with Gasteiger partial charge in [0.05, 0.1) is 0 Å². The highest BCUT2D eigenvalue weighted by Gasteiger charge is 2.04. The predicted molar refractivity (Wildman–Crippen MR) is 71.6 cm³/mol. The number of hydrogen-bond donors (Lipinski definition) is 1. The van der Waals surface area contributed by atoms with Crippen LogP contribution in [0.3, 0.4) is 0 Å². The zero-order chi connectivity index (χ0) is 12.0. The third-order valence-electron chi connectivity index (χ3n) is 2.30. The van der Waals surface area contributed by atoms with Gasteiger partial charge < -0.3 is 5.32 Å². The van der Waals surface area contributed by atoms with Crippen LogP contribution in [0.4, 0.5) is 0 Å². The molecule has 0 bridgehead atoms. The van der Waals surface area contributed by atoms with Gasteiger partial charge in [-0.15, -0.1) is 0 Å². The van der Waals surface area contributed by atoms with E-state index in [0.29, 0.717) is 0 Å². The minimum absolute atomic E-state index is 0.198. The van der Waals surface area contributed by atoms with Crippen molar-refractivity contribution in [3.8, 4) is 0 Å². The zero-order valence-electron chi connectivity index (χ0n) is 10.5. The SMILES string of the molecule is CC.Cc1ccc(C2=CNC(C)N=C2)cc1. The molecule has 2 rings (SSSR count). The molecular formula is C14H20N2. The minimum Gasteiger partial charge on any atom is -0.369 e. The van der Waals surface area contributed by atoms with Crippen molar-refractivity contribution in [2.45, 2.75) is 33.9 Å². The molecule has 0 saturated heterocycles. The Balaban J connectivity index is 0.000000606. The van der Waals surface area contributed by atoms with Gasteiger partial charge in [0.1, 0.15) is 6.17 Å². The minimum atomic E-state index is 0.198. The van der Waals surface area contributed by atoms with Gasteiger partial charge in [-0.2, -0.15) is 0 Å². The molecule has 1 aliphatic heterocycles. The Morgan fingerprint density at radius 2 is 1.75 bits per heavy atom. The molecule has 0 amide bonds. The maximum Gasteiger partial charge on any atom is 0.115 e. The first-order valence-electron chi connectivity index (χ1n) is 5.82. The molecule has 1 aromatic carbocycles. The Labute approximate surface area is 98.1 Å². The molecule has 1 aliphatic rings. The largest absolute Gasteiger partial charge is 0.369 e. The summed E-state index contributed by atoms with van der Waals surface area (Å²) in [6.45, 7) is 8.12. The number of allylic oxidation sites excluding steroid dienone is 1. The summed E-state index contributed by atoms with van der Waals surface area (Å²) in [6, 6.07) is 8.46. The topological polar surface area (TPSA) is 24.4 Å². The average molecular weight is 216 g/mol. The van der Waals surface area contributed by atoms with Crippen molar-refractivity contribution in [1.29, 1.82) is 0 Å². The number of aryl methyl sites for hydroxylation is 1. The average Bonchev–Trinajstić information content (AvgIpc) is 2.34. The zero-order valence-corrected chi connectivity index (χ0v) is 10.5. The lowest BCUT2D eigenvalue weighted by Crippen LogP contribution is -2.21. The summed E-state index contributed by atoms with van der Waals surface area (Å²) in [5.74, 6) is 0. The molecule has 86 valence electrons. The Morgan fingerprint density at radius 3 is 2.25 bits per heavy atom. The van der Waals surface area contributed by atoms with E-state index in [1.54, 1.807) is 0 Å². The van der Waals surface area contributed by atoms with Crippen LogP contribution in [0.25, 0.3) is 5.57 Å². The molecule has 1 heterocycles. The highest BCUT2D eigenvalue weighted by atomic mass is 15.1. The van der Waals surface area contributed by atoms with E-state index in [0.717, 1.165) is 5.57 Å². The van der Waals surface area contributed by atoms with E-state index in [9.17, 15) is 0 Å². The van der Waals surface area contributed by atoms with Gasteiger partial charge in [-0.25, -0.2) is 0 Å². The Bertz CT molecular complexity index is 374. The van der Waals surface area contributed by atoms with Crippen molar-refractivity contribution in [3.63, 3.8) is 0 Å². The summed E-state index contributed by atoms with van der Waals surface area (Å²) in [5.41, 5.74) is 3.63. The molecule has 0 aliphatic carbocycles. The van der Waals surface area contributed by atoms with Gasteiger partial charge in [-0.1, -0.05) is 43.7 Å². The van der Waals surface area contributed by atoms with Crippen LogP contribution in [0.5, 0.6) is 0 Å². The lowest BCUT2D eigenvalue weighted by molar-refractivity contribution is 0.672. The lowest BCUT2D eigenvalue weighted by Gasteiger charge is -2.13. The van der Waals surface area contributed by atoms with E-state index in [-0.39, 0.29) is 6.17 Å². The summed E-state index contributed by atoms with van der Waals surface area (Å²) >= 11 is 0. The van der Waals surface area contributed by atoms with Gasteiger partial charge in [-0.05, 0) is 19.4 Å². The number of nitrogens with zero attached hydrogens (tertiary/aromatic N) is 1. The Hall–Kier alpha value is -1.57. The second-order valence-corrected chi connectivity index (χ2v) is 3.59. The van der Waals surface area contributed by atoms with E-state index in [2.05, 4.69) is 41.5 Å². The van der Waals surface area contributed by atoms with Crippen molar-refractivity contribution < 1.29 is 0 Å². The van der Waals surface area contributed by atoms with Gasteiger partial charge in [0.25, 0.3) is 0 Å². The first kappa shape index (κ1) is 12.5. The molecule has 2 heteroatoms. The van der Waals surface area contributed by atoms with Crippen LogP contribution >= 0.6 is 0 Å². The molecule has 0 spiro atoms. The Morgan fingerprint density at radius 1 is 1.12 bits per heavy atom. The third kappa shape index (κ3) is 3.23. The second-order valence-electron chi connectivity index (χ2n) is 3.59. The maximum atomic E-state index is 4.31. The Kier molecular flexibility index (Phi) is 4.77. The summed E-state index contributed by atoms with van der Waals surface area (Å²) in [5, 5.41) is 3.19. The van der Waals surface area contributed by atoms with Crippen molar-refractivity contribution in [2.24, 2.45) is 4.99 Å². The maximum absolute atomic E-state index is 4.31. The van der Waals surface area contributed by atoms with E-state index < -0.39 is 0 Å². The number of hydrogen-bond acceptors (Lipinski definition) is 2. The molecular weight excluding hydrogens is 196 g/mol. The van der Waals surface area contributed by atoms with Crippen molar-refractivity contribution in [2.75, 3.05) is 0 Å². The van der Waals surface area contributed by atoms with Crippen LogP contribution in [0.1, 0.15) is 31.9 Å².